The number of nitrogens with one attached hydrogen (secondary N) is 2. The topological polar surface area (TPSA) is 67.4 Å². The van der Waals surface area contributed by atoms with Crippen molar-refractivity contribution in [3.8, 4) is 0 Å². The summed E-state index contributed by atoms with van der Waals surface area (Å²) in [5, 5.41) is 5.99. The summed E-state index contributed by atoms with van der Waals surface area (Å²) in [6.07, 6.45) is 4.43. The largest absolute Gasteiger partial charge is 0.450 e. The smallest absolute Gasteiger partial charge is 0.407 e. The Morgan fingerprint density at radius 1 is 1.27 bits per heavy atom. The van der Waals surface area contributed by atoms with E-state index in [1.807, 2.05) is 6.26 Å². The van der Waals surface area contributed by atoms with E-state index in [9.17, 15) is 9.59 Å². The van der Waals surface area contributed by atoms with Crippen molar-refractivity contribution in [2.45, 2.75) is 53.0 Å². The first-order chi connectivity index (χ1) is 10.2. The van der Waals surface area contributed by atoms with Crippen LogP contribution >= 0.6 is 11.8 Å². The first-order valence-corrected chi connectivity index (χ1v) is 9.28. The predicted octanol–water partition coefficient (Wildman–Crippen LogP) is 2.80. The van der Waals surface area contributed by atoms with Gasteiger partial charge in [0.2, 0.25) is 5.91 Å². The summed E-state index contributed by atoms with van der Waals surface area (Å²) in [4.78, 5) is 23.4. The molecule has 0 bridgehead atoms. The standard InChI is InChI=1S/C16H30N2O3S/c1-6-21-14(20)17-11-16(4)8-12(7-15(2,3)10-16)18-13(19)9-22-5/h12H,6-11H2,1-5H3,(H,17,20)(H,18,19). The Morgan fingerprint density at radius 3 is 2.55 bits per heavy atom. The van der Waals surface area contributed by atoms with E-state index in [-0.39, 0.29) is 28.9 Å². The van der Waals surface area contributed by atoms with Crippen LogP contribution in [0.15, 0.2) is 0 Å². The minimum Gasteiger partial charge on any atom is -0.450 e. The molecule has 0 aromatic carbocycles. The van der Waals surface area contributed by atoms with Crippen LogP contribution in [0.5, 0.6) is 0 Å². The second-order valence-electron chi connectivity index (χ2n) is 7.33. The average Bonchev–Trinajstić information content (AvgIpc) is 2.34. The number of carbonyl (C=O) groups excluding carboxylic acids is 2. The Balaban J connectivity index is 2.65. The highest BCUT2D eigenvalue weighted by Crippen LogP contribution is 2.45. The fourth-order valence-corrected chi connectivity index (χ4v) is 4.08. The molecular formula is C16H30N2O3S. The third-order valence-electron chi connectivity index (χ3n) is 4.02. The minimum atomic E-state index is -0.366. The van der Waals surface area contributed by atoms with Crippen molar-refractivity contribution in [2.75, 3.05) is 25.2 Å². The van der Waals surface area contributed by atoms with E-state index in [1.54, 1.807) is 6.92 Å². The van der Waals surface area contributed by atoms with Gasteiger partial charge in [-0.25, -0.2) is 4.79 Å². The molecule has 1 fully saturated rings. The lowest BCUT2D eigenvalue weighted by atomic mass is 9.62. The minimum absolute atomic E-state index is 0.0359. The average molecular weight is 330 g/mol. The van der Waals surface area contributed by atoms with Crippen molar-refractivity contribution in [2.24, 2.45) is 10.8 Å². The Labute approximate surface area is 138 Å². The summed E-state index contributed by atoms with van der Waals surface area (Å²) in [5.74, 6) is 0.588. The molecule has 22 heavy (non-hydrogen) atoms. The normalized spacial score (nSPS) is 27.0. The number of alkyl carbamates (subject to hydrolysis) is 1. The van der Waals surface area contributed by atoms with Crippen molar-refractivity contribution in [1.82, 2.24) is 10.6 Å². The molecule has 2 unspecified atom stereocenters. The molecule has 0 aliphatic heterocycles. The number of rotatable bonds is 6. The van der Waals surface area contributed by atoms with Gasteiger partial charge in [0.05, 0.1) is 12.4 Å². The van der Waals surface area contributed by atoms with Crippen molar-refractivity contribution in [3.63, 3.8) is 0 Å². The first kappa shape index (κ1) is 19.1. The molecule has 0 spiro atoms. The zero-order valence-electron chi connectivity index (χ0n) is 14.5. The lowest BCUT2D eigenvalue weighted by Gasteiger charge is -2.46. The highest BCUT2D eigenvalue weighted by molar-refractivity contribution is 7.99. The van der Waals surface area contributed by atoms with E-state index < -0.39 is 0 Å². The van der Waals surface area contributed by atoms with Gasteiger partial charge in [-0.2, -0.15) is 11.8 Å². The summed E-state index contributed by atoms with van der Waals surface area (Å²) >= 11 is 1.53. The van der Waals surface area contributed by atoms with Crippen LogP contribution in [0.3, 0.4) is 0 Å². The summed E-state index contributed by atoms with van der Waals surface area (Å²) in [7, 11) is 0. The monoisotopic (exact) mass is 330 g/mol. The van der Waals surface area contributed by atoms with E-state index in [0.29, 0.717) is 18.9 Å². The summed E-state index contributed by atoms with van der Waals surface area (Å²) in [5.41, 5.74) is 0.104. The predicted molar refractivity (Wildman–Crippen MR) is 91.1 cm³/mol. The maximum Gasteiger partial charge on any atom is 0.407 e. The molecule has 1 aliphatic carbocycles. The highest BCUT2D eigenvalue weighted by Gasteiger charge is 2.41. The van der Waals surface area contributed by atoms with Gasteiger partial charge in [-0.05, 0) is 43.3 Å². The van der Waals surface area contributed by atoms with Crippen molar-refractivity contribution in [1.29, 1.82) is 0 Å². The van der Waals surface area contributed by atoms with Crippen LogP contribution in [0.25, 0.3) is 0 Å². The zero-order chi connectivity index (χ0) is 16.8. The molecule has 0 aromatic heterocycles. The molecule has 1 saturated carbocycles. The second kappa shape index (κ2) is 8.09. The Morgan fingerprint density at radius 2 is 1.95 bits per heavy atom. The molecule has 128 valence electrons. The molecule has 2 amide bonds. The first-order valence-electron chi connectivity index (χ1n) is 7.89. The summed E-state index contributed by atoms with van der Waals surface area (Å²) in [6, 6.07) is 0.164. The van der Waals surface area contributed by atoms with Crippen molar-refractivity contribution < 1.29 is 14.3 Å². The van der Waals surface area contributed by atoms with Crippen LogP contribution in [0.1, 0.15) is 47.0 Å². The molecule has 1 rings (SSSR count). The molecule has 2 N–H and O–H groups in total. The maximum absolute atomic E-state index is 11.9. The van der Waals surface area contributed by atoms with Crippen LogP contribution in [-0.4, -0.2) is 43.2 Å². The van der Waals surface area contributed by atoms with E-state index >= 15 is 0 Å². The zero-order valence-corrected chi connectivity index (χ0v) is 15.3. The molecular weight excluding hydrogens is 300 g/mol. The summed E-state index contributed by atoms with van der Waals surface area (Å²) in [6.45, 7) is 9.37. The van der Waals surface area contributed by atoms with Gasteiger partial charge in [0.15, 0.2) is 0 Å². The molecule has 0 heterocycles. The van der Waals surface area contributed by atoms with Gasteiger partial charge >= 0.3 is 6.09 Å². The Kier molecular flexibility index (Phi) is 7.03. The fraction of sp³-hybridized carbons (Fsp3) is 0.875. The van der Waals surface area contributed by atoms with Gasteiger partial charge in [-0.15, -0.1) is 0 Å². The van der Waals surface area contributed by atoms with E-state index in [1.165, 1.54) is 11.8 Å². The highest BCUT2D eigenvalue weighted by atomic mass is 32.2. The number of thioether (sulfide) groups is 1. The van der Waals surface area contributed by atoms with Crippen LogP contribution in [0.4, 0.5) is 4.79 Å². The molecule has 2 atom stereocenters. The fourth-order valence-electron chi connectivity index (χ4n) is 3.74. The van der Waals surface area contributed by atoms with Gasteiger partial charge in [0.25, 0.3) is 0 Å². The lowest BCUT2D eigenvalue weighted by molar-refractivity contribution is -0.120. The summed E-state index contributed by atoms with van der Waals surface area (Å²) < 4.78 is 4.93. The van der Waals surface area contributed by atoms with Gasteiger partial charge in [-0.3, -0.25) is 4.79 Å². The molecule has 0 aromatic rings. The number of hydrogen-bond donors (Lipinski definition) is 2. The van der Waals surface area contributed by atoms with Crippen LogP contribution in [0, 0.1) is 10.8 Å². The van der Waals surface area contributed by atoms with Crippen molar-refractivity contribution in [3.05, 3.63) is 0 Å². The maximum atomic E-state index is 11.9. The Bertz CT molecular complexity index is 401. The molecule has 0 radical (unpaired) electrons. The molecule has 6 heteroatoms. The second-order valence-corrected chi connectivity index (χ2v) is 8.20. The third kappa shape index (κ3) is 6.46. The van der Waals surface area contributed by atoms with Gasteiger partial charge in [0, 0.05) is 12.6 Å². The number of hydrogen-bond acceptors (Lipinski definition) is 4. The Hall–Kier alpha value is -0.910. The quantitative estimate of drug-likeness (QED) is 0.786. The number of carbonyl (C=O) groups is 2. The third-order valence-corrected chi connectivity index (χ3v) is 4.57. The lowest BCUT2D eigenvalue weighted by Crippen LogP contribution is -2.50. The molecule has 1 aliphatic rings. The van der Waals surface area contributed by atoms with Gasteiger partial charge < -0.3 is 15.4 Å². The van der Waals surface area contributed by atoms with Gasteiger partial charge in [0.1, 0.15) is 0 Å². The van der Waals surface area contributed by atoms with Crippen molar-refractivity contribution >= 4 is 23.8 Å². The van der Waals surface area contributed by atoms with E-state index in [2.05, 4.69) is 31.4 Å². The van der Waals surface area contributed by atoms with Crippen LogP contribution in [-0.2, 0) is 9.53 Å². The SMILES string of the molecule is CCOC(=O)NCC1(C)CC(NC(=O)CSC)CC(C)(C)C1. The number of amides is 2. The van der Waals surface area contributed by atoms with E-state index in [0.717, 1.165) is 19.3 Å². The van der Waals surface area contributed by atoms with Crippen LogP contribution in [0.2, 0.25) is 0 Å². The number of ether oxygens (including phenoxy) is 1. The van der Waals surface area contributed by atoms with Crippen LogP contribution < -0.4 is 10.6 Å². The van der Waals surface area contributed by atoms with Gasteiger partial charge in [-0.1, -0.05) is 20.8 Å². The van der Waals surface area contributed by atoms with E-state index in [4.69, 9.17) is 4.74 Å². The molecule has 0 saturated heterocycles. The molecule has 5 nitrogen and oxygen atoms in total.